The second-order valence-electron chi connectivity index (χ2n) is 4.54. The molecule has 0 amide bonds. The normalized spacial score (nSPS) is 21.1. The Morgan fingerprint density at radius 3 is 3.17 bits per heavy atom. The third-order valence-corrected chi connectivity index (χ3v) is 4.13. The van der Waals surface area contributed by atoms with Crippen molar-refractivity contribution in [2.24, 2.45) is 0 Å². The molecular formula is C13H19ClN2OS. The van der Waals surface area contributed by atoms with Gasteiger partial charge in [0.05, 0.1) is 16.2 Å². The first-order valence-corrected chi connectivity index (χ1v) is 7.60. The predicted molar refractivity (Wildman–Crippen MR) is 76.4 cm³/mol. The van der Waals surface area contributed by atoms with E-state index in [-0.39, 0.29) is 0 Å². The quantitative estimate of drug-likeness (QED) is 0.815. The third-order valence-electron chi connectivity index (χ3n) is 2.85. The van der Waals surface area contributed by atoms with Gasteiger partial charge in [-0.15, -0.1) is 11.8 Å². The Morgan fingerprint density at radius 2 is 2.50 bits per heavy atom. The number of halogens is 1. The van der Waals surface area contributed by atoms with E-state index in [0.717, 1.165) is 24.7 Å². The van der Waals surface area contributed by atoms with Gasteiger partial charge in [0.25, 0.3) is 0 Å². The van der Waals surface area contributed by atoms with E-state index in [4.69, 9.17) is 16.3 Å². The number of hydrogen-bond acceptors (Lipinski definition) is 4. The molecule has 1 aliphatic heterocycles. The minimum Gasteiger partial charge on any atom is -0.377 e. The lowest BCUT2D eigenvalue weighted by molar-refractivity contribution is 0.110. The molecule has 2 heterocycles. The highest BCUT2D eigenvalue weighted by Crippen LogP contribution is 2.21. The molecule has 2 unspecified atom stereocenters. The van der Waals surface area contributed by atoms with Gasteiger partial charge in [-0.05, 0) is 25.0 Å². The predicted octanol–water partition coefficient (Wildman–Crippen LogP) is 2.98. The smallest absolute Gasteiger partial charge is 0.0964 e. The highest BCUT2D eigenvalue weighted by Gasteiger charge is 2.15. The third kappa shape index (κ3) is 4.76. The van der Waals surface area contributed by atoms with Crippen molar-refractivity contribution in [2.45, 2.75) is 36.1 Å². The fourth-order valence-corrected chi connectivity index (χ4v) is 2.92. The van der Waals surface area contributed by atoms with Crippen LogP contribution in [0.2, 0.25) is 5.02 Å². The van der Waals surface area contributed by atoms with E-state index >= 15 is 0 Å². The van der Waals surface area contributed by atoms with Crippen molar-refractivity contribution in [1.82, 2.24) is 10.3 Å². The number of rotatable bonds is 6. The molecule has 2 rings (SSSR count). The first kappa shape index (κ1) is 14.1. The summed E-state index contributed by atoms with van der Waals surface area (Å²) in [6.07, 6.45) is 4.49. The highest BCUT2D eigenvalue weighted by molar-refractivity contribution is 7.99. The number of hydrogen-bond donors (Lipinski definition) is 1. The van der Waals surface area contributed by atoms with Crippen LogP contribution in [0.3, 0.4) is 0 Å². The van der Waals surface area contributed by atoms with Gasteiger partial charge in [0.15, 0.2) is 0 Å². The largest absolute Gasteiger partial charge is 0.377 e. The fraction of sp³-hybridized carbons (Fsp3) is 0.615. The van der Waals surface area contributed by atoms with Gasteiger partial charge < -0.3 is 10.1 Å². The molecule has 100 valence electrons. The zero-order valence-electron chi connectivity index (χ0n) is 10.6. The van der Waals surface area contributed by atoms with Crippen LogP contribution < -0.4 is 5.32 Å². The Kier molecular flexibility index (Phi) is 5.76. The Morgan fingerprint density at radius 1 is 1.61 bits per heavy atom. The maximum absolute atomic E-state index is 5.81. The molecule has 1 fully saturated rings. The molecule has 0 spiro atoms. The molecular weight excluding hydrogens is 268 g/mol. The summed E-state index contributed by atoms with van der Waals surface area (Å²) in [5.74, 6) is 0. The van der Waals surface area contributed by atoms with Gasteiger partial charge in [-0.2, -0.15) is 0 Å². The molecule has 0 aromatic carbocycles. The van der Waals surface area contributed by atoms with E-state index in [1.54, 1.807) is 18.0 Å². The second-order valence-corrected chi connectivity index (χ2v) is 6.43. The lowest BCUT2D eigenvalue weighted by Gasteiger charge is -2.14. The SMILES string of the molecule is CC(CNCC1CCCO1)Sc1ccc(Cl)cn1. The monoisotopic (exact) mass is 286 g/mol. The number of pyridine rings is 1. The summed E-state index contributed by atoms with van der Waals surface area (Å²) in [7, 11) is 0. The van der Waals surface area contributed by atoms with E-state index in [0.29, 0.717) is 16.4 Å². The number of nitrogens with one attached hydrogen (secondary N) is 1. The molecule has 18 heavy (non-hydrogen) atoms. The van der Waals surface area contributed by atoms with Crippen LogP contribution in [-0.4, -0.2) is 36.0 Å². The minimum absolute atomic E-state index is 0.413. The lowest BCUT2D eigenvalue weighted by atomic mass is 10.2. The first-order valence-electron chi connectivity index (χ1n) is 6.34. The Labute approximate surface area is 118 Å². The van der Waals surface area contributed by atoms with Crippen molar-refractivity contribution >= 4 is 23.4 Å². The van der Waals surface area contributed by atoms with Crippen LogP contribution in [0.5, 0.6) is 0 Å². The maximum Gasteiger partial charge on any atom is 0.0964 e. The zero-order chi connectivity index (χ0) is 12.8. The van der Waals surface area contributed by atoms with E-state index in [9.17, 15) is 0 Å². The number of aromatic nitrogens is 1. The van der Waals surface area contributed by atoms with E-state index < -0.39 is 0 Å². The van der Waals surface area contributed by atoms with Crippen LogP contribution in [0.4, 0.5) is 0 Å². The molecule has 0 saturated carbocycles. The average Bonchev–Trinajstić information content (AvgIpc) is 2.85. The van der Waals surface area contributed by atoms with Crippen LogP contribution >= 0.6 is 23.4 Å². The summed E-state index contributed by atoms with van der Waals surface area (Å²) in [5, 5.41) is 5.65. The molecule has 0 bridgehead atoms. The maximum atomic E-state index is 5.81. The van der Waals surface area contributed by atoms with Crippen LogP contribution in [0.15, 0.2) is 23.4 Å². The van der Waals surface area contributed by atoms with Crippen LogP contribution in [0.1, 0.15) is 19.8 Å². The Hall–Kier alpha value is -0.290. The average molecular weight is 287 g/mol. The van der Waals surface area contributed by atoms with E-state index in [2.05, 4.69) is 17.2 Å². The molecule has 1 aromatic heterocycles. The van der Waals surface area contributed by atoms with Gasteiger partial charge in [-0.3, -0.25) is 0 Å². The minimum atomic E-state index is 0.413. The van der Waals surface area contributed by atoms with Crippen molar-refractivity contribution in [1.29, 1.82) is 0 Å². The van der Waals surface area contributed by atoms with Crippen molar-refractivity contribution in [3.8, 4) is 0 Å². The van der Waals surface area contributed by atoms with Crippen molar-refractivity contribution in [2.75, 3.05) is 19.7 Å². The molecule has 1 aliphatic rings. The van der Waals surface area contributed by atoms with Crippen molar-refractivity contribution in [3.63, 3.8) is 0 Å². The number of ether oxygens (including phenoxy) is 1. The summed E-state index contributed by atoms with van der Waals surface area (Å²) in [6.45, 7) is 5.04. The molecule has 0 radical (unpaired) electrons. The topological polar surface area (TPSA) is 34.1 Å². The van der Waals surface area contributed by atoms with Gasteiger partial charge in [-0.1, -0.05) is 18.5 Å². The van der Waals surface area contributed by atoms with Crippen LogP contribution in [-0.2, 0) is 4.74 Å². The van der Waals surface area contributed by atoms with E-state index in [1.807, 2.05) is 12.1 Å². The standard InChI is InChI=1S/C13H19ClN2OS/c1-10(7-15-9-12-3-2-6-17-12)18-13-5-4-11(14)8-16-13/h4-5,8,10,12,15H,2-3,6-7,9H2,1H3. The summed E-state index contributed by atoms with van der Waals surface area (Å²) >= 11 is 7.57. The molecule has 1 aromatic rings. The van der Waals surface area contributed by atoms with Crippen LogP contribution in [0.25, 0.3) is 0 Å². The van der Waals surface area contributed by atoms with Crippen LogP contribution in [0, 0.1) is 0 Å². The van der Waals surface area contributed by atoms with Gasteiger partial charge in [-0.25, -0.2) is 4.98 Å². The summed E-state index contributed by atoms with van der Waals surface area (Å²) in [4.78, 5) is 4.28. The molecule has 3 nitrogen and oxygen atoms in total. The summed E-state index contributed by atoms with van der Waals surface area (Å²) < 4.78 is 5.57. The second kappa shape index (κ2) is 7.34. The first-order chi connectivity index (χ1) is 8.74. The van der Waals surface area contributed by atoms with Crippen molar-refractivity contribution < 1.29 is 4.74 Å². The number of thioether (sulfide) groups is 1. The van der Waals surface area contributed by atoms with Gasteiger partial charge in [0, 0.05) is 31.1 Å². The molecule has 1 saturated heterocycles. The molecule has 0 aliphatic carbocycles. The molecule has 1 N–H and O–H groups in total. The number of nitrogens with zero attached hydrogens (tertiary/aromatic N) is 1. The van der Waals surface area contributed by atoms with Crippen molar-refractivity contribution in [3.05, 3.63) is 23.4 Å². The summed E-state index contributed by atoms with van der Waals surface area (Å²) in [5.41, 5.74) is 0. The zero-order valence-corrected chi connectivity index (χ0v) is 12.1. The molecule has 5 heteroatoms. The Balaban J connectivity index is 1.65. The van der Waals surface area contributed by atoms with Gasteiger partial charge >= 0.3 is 0 Å². The van der Waals surface area contributed by atoms with E-state index in [1.165, 1.54) is 12.8 Å². The van der Waals surface area contributed by atoms with Gasteiger partial charge in [0.2, 0.25) is 0 Å². The highest BCUT2D eigenvalue weighted by atomic mass is 35.5. The Bertz CT molecular complexity index is 355. The summed E-state index contributed by atoms with van der Waals surface area (Å²) in [6, 6.07) is 3.84. The fourth-order valence-electron chi connectivity index (χ4n) is 1.93. The molecule has 2 atom stereocenters. The lowest BCUT2D eigenvalue weighted by Crippen LogP contribution is -2.30. The van der Waals surface area contributed by atoms with Gasteiger partial charge in [0.1, 0.15) is 0 Å².